The number of allylic oxidation sites excluding steroid dienone is 3. The van der Waals surface area contributed by atoms with Crippen LogP contribution in [-0.4, -0.2) is 36.7 Å². The highest BCUT2D eigenvalue weighted by molar-refractivity contribution is 6.02. The summed E-state index contributed by atoms with van der Waals surface area (Å²) in [6, 6.07) is 5.98. The number of hydrogen-bond donors (Lipinski definition) is 4. The molecule has 1 aromatic rings. The minimum atomic E-state index is -4.76. The predicted molar refractivity (Wildman–Crippen MR) is 123 cm³/mol. The van der Waals surface area contributed by atoms with Crippen molar-refractivity contribution in [1.82, 2.24) is 5.32 Å². The molecule has 0 aliphatic heterocycles. The van der Waals surface area contributed by atoms with Gasteiger partial charge in [-0.05, 0) is 25.5 Å². The Morgan fingerprint density at radius 1 is 1.29 bits per heavy atom. The van der Waals surface area contributed by atoms with Gasteiger partial charge in [-0.15, -0.1) is 0 Å². The van der Waals surface area contributed by atoms with E-state index in [-0.39, 0.29) is 12.4 Å². The summed E-state index contributed by atoms with van der Waals surface area (Å²) in [4.78, 5) is 4.06. The average molecular weight is 483 g/mol. The zero-order valence-electron chi connectivity index (χ0n) is 18.9. The monoisotopic (exact) mass is 482 g/mol. The van der Waals surface area contributed by atoms with Crippen LogP contribution in [0, 0.1) is 16.7 Å². The molecule has 0 bridgehead atoms. The average Bonchev–Trinajstić information content (AvgIpc) is 2.72. The van der Waals surface area contributed by atoms with Crippen LogP contribution in [0.1, 0.15) is 45.1 Å². The summed E-state index contributed by atoms with van der Waals surface area (Å²) in [5.74, 6) is -3.41. The molecule has 6 nitrogen and oxygen atoms in total. The van der Waals surface area contributed by atoms with Crippen LogP contribution in [0.25, 0.3) is 0 Å². The third kappa shape index (κ3) is 7.57. The fourth-order valence-electron chi connectivity index (χ4n) is 3.31. The lowest BCUT2D eigenvalue weighted by atomic mass is 9.88. The number of benzene rings is 1. The van der Waals surface area contributed by atoms with Crippen LogP contribution in [0.15, 0.2) is 46.7 Å². The standard InChI is InChI=1S/C23H27F5N6/c1-3-4-5-7-18(23(26,27)28)21(34-16-12-22(24,25)13-16)33-15(2)32-20-9-6-8-19(17(20)14-30)31-11-10-29/h5-9,14,16,30-31,34H,3-4,11-13H2,1-2H3,(H,32,33)/b7-5+,21-18-,30-14?. The Bertz CT molecular complexity index is 996. The van der Waals surface area contributed by atoms with Gasteiger partial charge in [-0.3, -0.25) is 0 Å². The summed E-state index contributed by atoms with van der Waals surface area (Å²) in [6.45, 7) is 3.26. The molecule has 1 aromatic carbocycles. The molecule has 0 saturated heterocycles. The number of anilines is 2. The molecule has 11 heteroatoms. The quantitative estimate of drug-likeness (QED) is 0.109. The van der Waals surface area contributed by atoms with Crippen LogP contribution >= 0.6 is 0 Å². The largest absolute Gasteiger partial charge is 0.419 e. The highest BCUT2D eigenvalue weighted by Crippen LogP contribution is 2.39. The Balaban J connectivity index is 2.44. The first-order valence-corrected chi connectivity index (χ1v) is 10.7. The van der Waals surface area contributed by atoms with Gasteiger partial charge >= 0.3 is 6.18 Å². The zero-order chi connectivity index (χ0) is 25.4. The van der Waals surface area contributed by atoms with E-state index < -0.39 is 42.4 Å². The number of nitriles is 1. The molecule has 0 radical (unpaired) electrons. The molecule has 2 rings (SSSR count). The molecule has 1 aliphatic carbocycles. The summed E-state index contributed by atoms with van der Waals surface area (Å²) in [7, 11) is 0. The summed E-state index contributed by atoms with van der Waals surface area (Å²) in [5, 5.41) is 24.7. The number of unbranched alkanes of at least 4 members (excludes halogenated alkanes) is 1. The third-order valence-corrected chi connectivity index (χ3v) is 4.93. The van der Waals surface area contributed by atoms with Crippen LogP contribution in [0.5, 0.6) is 0 Å². The lowest BCUT2D eigenvalue weighted by Crippen LogP contribution is -2.48. The Morgan fingerprint density at radius 2 is 1.97 bits per heavy atom. The summed E-state index contributed by atoms with van der Waals surface area (Å²) in [6.07, 6.45) is -1.53. The van der Waals surface area contributed by atoms with Crippen molar-refractivity contribution in [2.24, 2.45) is 4.99 Å². The van der Waals surface area contributed by atoms with Crippen molar-refractivity contribution in [3.05, 3.63) is 47.3 Å². The van der Waals surface area contributed by atoms with E-state index in [1.165, 1.54) is 13.0 Å². The number of nitrogens with zero attached hydrogens (tertiary/aromatic N) is 2. The summed E-state index contributed by atoms with van der Waals surface area (Å²) < 4.78 is 68.1. The van der Waals surface area contributed by atoms with Gasteiger partial charge in [0.2, 0.25) is 0 Å². The van der Waals surface area contributed by atoms with Gasteiger partial charge in [0.1, 0.15) is 18.2 Å². The van der Waals surface area contributed by atoms with Crippen LogP contribution < -0.4 is 16.0 Å². The van der Waals surface area contributed by atoms with Gasteiger partial charge in [0, 0.05) is 36.3 Å². The molecular formula is C23H27F5N6. The van der Waals surface area contributed by atoms with E-state index in [0.29, 0.717) is 29.8 Å². The number of amidine groups is 1. The SMILES string of the molecule is CCC/C=C/C(=C(\N=C(C)Nc1cccc(NCC#N)c1C=N)NC1CC(F)(F)C1)C(F)(F)F. The molecule has 1 saturated carbocycles. The van der Waals surface area contributed by atoms with E-state index in [4.69, 9.17) is 10.7 Å². The Labute approximate surface area is 195 Å². The minimum Gasteiger partial charge on any atom is -0.372 e. The minimum absolute atomic E-state index is 0.000763. The van der Waals surface area contributed by atoms with Crippen LogP contribution in [0.2, 0.25) is 0 Å². The maximum absolute atomic E-state index is 13.8. The molecule has 0 unspecified atom stereocenters. The predicted octanol–water partition coefficient (Wildman–Crippen LogP) is 5.97. The number of halogens is 5. The van der Waals surface area contributed by atoms with Crippen molar-refractivity contribution in [1.29, 1.82) is 10.7 Å². The second-order valence-electron chi connectivity index (χ2n) is 7.80. The van der Waals surface area contributed by atoms with Crippen LogP contribution in [-0.2, 0) is 0 Å². The van der Waals surface area contributed by atoms with E-state index in [2.05, 4.69) is 20.9 Å². The topological polar surface area (TPSA) is 96.1 Å². The first kappa shape index (κ1) is 26.8. The Hall–Kier alpha value is -3.42. The highest BCUT2D eigenvalue weighted by atomic mass is 19.4. The van der Waals surface area contributed by atoms with Crippen LogP contribution in [0.4, 0.5) is 33.3 Å². The normalized spacial score (nSPS) is 16.9. The second-order valence-corrected chi connectivity index (χ2v) is 7.80. The molecule has 34 heavy (non-hydrogen) atoms. The zero-order valence-corrected chi connectivity index (χ0v) is 18.9. The van der Waals surface area contributed by atoms with E-state index >= 15 is 0 Å². The fourth-order valence-corrected chi connectivity index (χ4v) is 3.31. The molecule has 1 fully saturated rings. The molecule has 0 atom stereocenters. The first-order chi connectivity index (χ1) is 16.0. The lowest BCUT2D eigenvalue weighted by Gasteiger charge is -2.36. The van der Waals surface area contributed by atoms with Gasteiger partial charge in [0.15, 0.2) is 0 Å². The molecule has 4 N–H and O–H groups in total. The molecule has 0 amide bonds. The molecule has 184 valence electrons. The van der Waals surface area contributed by atoms with Gasteiger partial charge in [0.25, 0.3) is 5.92 Å². The fraction of sp³-hybridized carbons (Fsp3) is 0.435. The Kier molecular flexibility index (Phi) is 9.18. The number of hydrogen-bond acceptors (Lipinski definition) is 5. The number of nitrogens with one attached hydrogen (secondary N) is 4. The van der Waals surface area contributed by atoms with Gasteiger partial charge in [-0.2, -0.15) is 18.4 Å². The van der Waals surface area contributed by atoms with Crippen molar-refractivity contribution in [2.75, 3.05) is 17.2 Å². The molecule has 0 aromatic heterocycles. The highest BCUT2D eigenvalue weighted by Gasteiger charge is 2.46. The van der Waals surface area contributed by atoms with E-state index in [9.17, 15) is 22.0 Å². The second kappa shape index (κ2) is 11.6. The molecular weight excluding hydrogens is 455 g/mol. The smallest absolute Gasteiger partial charge is 0.372 e. The van der Waals surface area contributed by atoms with E-state index in [1.807, 2.05) is 13.0 Å². The summed E-state index contributed by atoms with van der Waals surface area (Å²) >= 11 is 0. The Morgan fingerprint density at radius 3 is 2.53 bits per heavy atom. The first-order valence-electron chi connectivity index (χ1n) is 10.7. The van der Waals surface area contributed by atoms with Gasteiger partial charge < -0.3 is 21.4 Å². The molecule has 0 spiro atoms. The van der Waals surface area contributed by atoms with E-state index in [0.717, 1.165) is 12.3 Å². The number of rotatable bonds is 10. The molecule has 0 heterocycles. The van der Waals surface area contributed by atoms with Gasteiger partial charge in [-0.1, -0.05) is 31.6 Å². The van der Waals surface area contributed by atoms with Crippen LogP contribution in [0.3, 0.4) is 0 Å². The van der Waals surface area contributed by atoms with Crippen molar-refractivity contribution >= 4 is 23.4 Å². The maximum atomic E-state index is 13.8. The summed E-state index contributed by atoms with van der Waals surface area (Å²) in [5.41, 5.74) is 0.180. The molecule has 1 aliphatic rings. The van der Waals surface area contributed by atoms with Crippen molar-refractivity contribution < 1.29 is 22.0 Å². The maximum Gasteiger partial charge on any atom is 0.419 e. The van der Waals surface area contributed by atoms with Crippen molar-refractivity contribution in [2.45, 2.75) is 57.7 Å². The number of alkyl halides is 5. The third-order valence-electron chi connectivity index (χ3n) is 4.93. The lowest BCUT2D eigenvalue weighted by molar-refractivity contribution is -0.0947. The number of aliphatic imine (C=N–C) groups is 1. The van der Waals surface area contributed by atoms with Gasteiger partial charge in [0.05, 0.1) is 17.3 Å². The van der Waals surface area contributed by atoms with E-state index in [1.54, 1.807) is 18.2 Å². The van der Waals surface area contributed by atoms with Crippen molar-refractivity contribution in [3.8, 4) is 6.07 Å². The van der Waals surface area contributed by atoms with Crippen molar-refractivity contribution in [3.63, 3.8) is 0 Å². The van der Waals surface area contributed by atoms with Gasteiger partial charge in [-0.25, -0.2) is 13.8 Å².